The molecule has 0 aliphatic rings. The smallest absolute Gasteiger partial charge is 0.147 e. The molecule has 1 N–H and O–H groups in total. The first-order valence-corrected chi connectivity index (χ1v) is 6.63. The minimum absolute atomic E-state index is 0.782. The summed E-state index contributed by atoms with van der Waals surface area (Å²) in [7, 11) is 0. The molecule has 0 fully saturated rings. The Morgan fingerprint density at radius 3 is 2.83 bits per heavy atom. The molecule has 3 aromatic rings. The molecule has 0 bridgehead atoms. The Bertz CT molecular complexity index is 661. The lowest BCUT2D eigenvalue weighted by atomic mass is 10.2. The van der Waals surface area contributed by atoms with Crippen molar-refractivity contribution in [3.05, 3.63) is 53.2 Å². The van der Waals surface area contributed by atoms with Crippen molar-refractivity contribution in [3.63, 3.8) is 0 Å². The normalized spacial score (nSPS) is 10.7. The number of hydrogen-bond donors (Lipinski definition) is 1. The van der Waals surface area contributed by atoms with Crippen molar-refractivity contribution in [3.8, 4) is 0 Å². The van der Waals surface area contributed by atoms with Crippen LogP contribution >= 0.6 is 11.3 Å². The van der Waals surface area contributed by atoms with Crippen molar-refractivity contribution in [2.24, 2.45) is 0 Å². The van der Waals surface area contributed by atoms with Gasteiger partial charge in [-0.25, -0.2) is 9.97 Å². The van der Waals surface area contributed by atoms with E-state index >= 15 is 0 Å². The van der Waals surface area contributed by atoms with Crippen LogP contribution in [0.25, 0.3) is 10.2 Å². The van der Waals surface area contributed by atoms with Gasteiger partial charge in [0.05, 0.1) is 10.2 Å². The summed E-state index contributed by atoms with van der Waals surface area (Å²) in [6, 6.07) is 12.4. The number of nitrogens with one attached hydrogen (secondary N) is 1. The third-order valence-corrected chi connectivity index (χ3v) is 3.78. The van der Waals surface area contributed by atoms with Crippen LogP contribution in [0, 0.1) is 6.92 Å². The third kappa shape index (κ3) is 2.19. The number of aromatic nitrogens is 2. The number of aryl methyl sites for hydroxylation is 1. The molecule has 0 spiro atoms. The lowest BCUT2D eigenvalue weighted by Crippen LogP contribution is -2.01. The number of benzene rings is 1. The van der Waals surface area contributed by atoms with E-state index in [1.54, 1.807) is 17.7 Å². The minimum Gasteiger partial charge on any atom is -0.365 e. The van der Waals surface area contributed by atoms with E-state index in [1.165, 1.54) is 10.4 Å². The Hall–Kier alpha value is -1.94. The maximum absolute atomic E-state index is 4.32. The van der Waals surface area contributed by atoms with E-state index in [0.717, 1.165) is 22.6 Å². The van der Waals surface area contributed by atoms with Gasteiger partial charge in [0.1, 0.15) is 12.1 Å². The zero-order valence-corrected chi connectivity index (χ0v) is 10.9. The molecule has 2 heterocycles. The van der Waals surface area contributed by atoms with Crippen molar-refractivity contribution >= 4 is 27.4 Å². The summed E-state index contributed by atoms with van der Waals surface area (Å²) in [5.74, 6) is 0.918. The molecule has 0 saturated carbocycles. The van der Waals surface area contributed by atoms with E-state index < -0.39 is 0 Å². The number of fused-ring (bicyclic) bond motifs is 1. The minimum atomic E-state index is 0.782. The summed E-state index contributed by atoms with van der Waals surface area (Å²) < 4.78 is 1.13. The van der Waals surface area contributed by atoms with Crippen LogP contribution in [0.15, 0.2) is 42.7 Å². The quantitative estimate of drug-likeness (QED) is 0.777. The van der Waals surface area contributed by atoms with Crippen LogP contribution in [0.1, 0.15) is 10.4 Å². The number of nitrogens with zero attached hydrogens (tertiary/aromatic N) is 2. The van der Waals surface area contributed by atoms with Crippen molar-refractivity contribution in [2.45, 2.75) is 13.5 Å². The van der Waals surface area contributed by atoms with E-state index in [1.807, 2.05) is 18.2 Å². The topological polar surface area (TPSA) is 37.8 Å². The van der Waals surface area contributed by atoms with Gasteiger partial charge in [0, 0.05) is 11.4 Å². The molecule has 1 aromatic carbocycles. The molecule has 90 valence electrons. The highest BCUT2D eigenvalue weighted by molar-refractivity contribution is 7.19. The van der Waals surface area contributed by atoms with Gasteiger partial charge < -0.3 is 5.32 Å². The first-order chi connectivity index (χ1) is 8.83. The maximum atomic E-state index is 4.32. The van der Waals surface area contributed by atoms with Crippen LogP contribution in [0.4, 0.5) is 5.82 Å². The highest BCUT2D eigenvalue weighted by Crippen LogP contribution is 2.28. The van der Waals surface area contributed by atoms with Crippen LogP contribution < -0.4 is 5.32 Å². The lowest BCUT2D eigenvalue weighted by molar-refractivity contribution is 1.11. The molecule has 0 atom stereocenters. The number of anilines is 1. The number of rotatable bonds is 3. The molecule has 4 heteroatoms. The molecule has 0 radical (unpaired) electrons. The first kappa shape index (κ1) is 11.2. The fourth-order valence-electron chi connectivity index (χ4n) is 1.88. The largest absolute Gasteiger partial charge is 0.365 e. The fraction of sp³-hybridized carbons (Fsp3) is 0.143. The van der Waals surface area contributed by atoms with Crippen LogP contribution in [-0.4, -0.2) is 9.97 Å². The van der Waals surface area contributed by atoms with E-state index in [4.69, 9.17) is 0 Å². The summed E-state index contributed by atoms with van der Waals surface area (Å²) in [4.78, 5) is 9.86. The highest BCUT2D eigenvalue weighted by atomic mass is 32.1. The van der Waals surface area contributed by atoms with Crippen molar-refractivity contribution in [1.29, 1.82) is 0 Å². The summed E-state index contributed by atoms with van der Waals surface area (Å²) >= 11 is 1.73. The van der Waals surface area contributed by atoms with Crippen LogP contribution in [0.3, 0.4) is 0 Å². The Balaban J connectivity index is 1.86. The Morgan fingerprint density at radius 2 is 2.00 bits per heavy atom. The predicted octanol–water partition coefficient (Wildman–Crippen LogP) is 3.61. The van der Waals surface area contributed by atoms with E-state index in [2.05, 4.69) is 40.4 Å². The van der Waals surface area contributed by atoms with Gasteiger partial charge in [0.15, 0.2) is 0 Å². The van der Waals surface area contributed by atoms with Crippen molar-refractivity contribution < 1.29 is 0 Å². The fourth-order valence-corrected chi connectivity index (χ4v) is 2.81. The summed E-state index contributed by atoms with van der Waals surface area (Å²) in [6.45, 7) is 2.87. The second-order valence-electron chi connectivity index (χ2n) is 4.13. The lowest BCUT2D eigenvalue weighted by Gasteiger charge is -2.05. The van der Waals surface area contributed by atoms with Gasteiger partial charge in [-0.2, -0.15) is 0 Å². The van der Waals surface area contributed by atoms with Gasteiger partial charge in [-0.3, -0.25) is 0 Å². The average Bonchev–Trinajstić information content (AvgIpc) is 2.78. The number of thiophene rings is 1. The summed E-state index contributed by atoms with van der Waals surface area (Å²) in [6.07, 6.45) is 1.61. The zero-order chi connectivity index (χ0) is 12.4. The molecule has 0 aliphatic heterocycles. The SMILES string of the molecule is Cc1cc2ncnc(NCc3ccccc3)c2s1. The molecule has 0 amide bonds. The molecule has 3 rings (SSSR count). The van der Waals surface area contributed by atoms with Crippen LogP contribution in [-0.2, 0) is 6.54 Å². The molecule has 0 aliphatic carbocycles. The summed E-state index contributed by atoms with van der Waals surface area (Å²) in [5, 5.41) is 3.38. The van der Waals surface area contributed by atoms with Gasteiger partial charge in [-0.05, 0) is 18.6 Å². The predicted molar refractivity (Wildman–Crippen MR) is 75.9 cm³/mol. The Labute approximate surface area is 110 Å². The number of hydrogen-bond acceptors (Lipinski definition) is 4. The molecule has 0 saturated heterocycles. The third-order valence-electron chi connectivity index (χ3n) is 2.74. The van der Waals surface area contributed by atoms with Crippen molar-refractivity contribution in [2.75, 3.05) is 5.32 Å². The first-order valence-electron chi connectivity index (χ1n) is 5.82. The highest BCUT2D eigenvalue weighted by Gasteiger charge is 2.06. The second kappa shape index (κ2) is 4.74. The Kier molecular flexibility index (Phi) is 2.94. The van der Waals surface area contributed by atoms with Crippen molar-refractivity contribution in [1.82, 2.24) is 9.97 Å². The van der Waals surface area contributed by atoms with Crippen LogP contribution in [0.2, 0.25) is 0 Å². The molecular formula is C14H13N3S. The van der Waals surface area contributed by atoms with Crippen LogP contribution in [0.5, 0.6) is 0 Å². The standard InChI is InChI=1S/C14H13N3S/c1-10-7-12-13(18-10)14(17-9-16-12)15-8-11-5-3-2-4-6-11/h2-7,9H,8H2,1H3,(H,15,16,17). The average molecular weight is 255 g/mol. The summed E-state index contributed by atoms with van der Waals surface area (Å²) in [5.41, 5.74) is 2.26. The van der Waals surface area contributed by atoms with Gasteiger partial charge >= 0.3 is 0 Å². The second-order valence-corrected chi connectivity index (χ2v) is 5.39. The molecular weight excluding hydrogens is 242 g/mol. The van der Waals surface area contributed by atoms with E-state index in [9.17, 15) is 0 Å². The molecule has 3 nitrogen and oxygen atoms in total. The monoisotopic (exact) mass is 255 g/mol. The molecule has 2 aromatic heterocycles. The van der Waals surface area contributed by atoms with Gasteiger partial charge in [-0.15, -0.1) is 11.3 Å². The Morgan fingerprint density at radius 1 is 1.17 bits per heavy atom. The van der Waals surface area contributed by atoms with E-state index in [-0.39, 0.29) is 0 Å². The van der Waals surface area contributed by atoms with Gasteiger partial charge in [0.25, 0.3) is 0 Å². The maximum Gasteiger partial charge on any atom is 0.147 e. The molecule has 0 unspecified atom stereocenters. The molecule has 18 heavy (non-hydrogen) atoms. The van der Waals surface area contributed by atoms with Gasteiger partial charge in [0.2, 0.25) is 0 Å². The van der Waals surface area contributed by atoms with E-state index in [0.29, 0.717) is 0 Å². The zero-order valence-electron chi connectivity index (χ0n) is 10.1. The van der Waals surface area contributed by atoms with Gasteiger partial charge in [-0.1, -0.05) is 30.3 Å².